The van der Waals surface area contributed by atoms with Crippen molar-refractivity contribution in [1.82, 2.24) is 5.32 Å². The Kier molecular flexibility index (Phi) is 6.53. The molecule has 5 nitrogen and oxygen atoms in total. The van der Waals surface area contributed by atoms with E-state index in [9.17, 15) is 14.4 Å². The molecule has 0 aromatic rings. The zero-order valence-electron chi connectivity index (χ0n) is 23.1. The normalized spacial score (nSPS) is 42.1. The van der Waals surface area contributed by atoms with Gasteiger partial charge in [0.15, 0.2) is 5.78 Å². The largest absolute Gasteiger partial charge is 0.462 e. The molecule has 5 heteroatoms. The van der Waals surface area contributed by atoms with Gasteiger partial charge in [-0.1, -0.05) is 44.9 Å². The van der Waals surface area contributed by atoms with Crippen LogP contribution in [0.2, 0.25) is 0 Å². The highest BCUT2D eigenvalue weighted by Gasteiger charge is 2.63. The molecule has 0 aromatic heterocycles. The molecule has 9 atom stereocenters. The second-order valence-corrected chi connectivity index (χ2v) is 13.4. The van der Waals surface area contributed by atoms with Gasteiger partial charge in [-0.2, -0.15) is 0 Å². The van der Waals surface area contributed by atoms with E-state index in [2.05, 4.69) is 39.1 Å². The summed E-state index contributed by atoms with van der Waals surface area (Å²) in [7, 11) is 0. The van der Waals surface area contributed by atoms with Crippen LogP contribution in [0.4, 0.5) is 0 Å². The van der Waals surface area contributed by atoms with Crippen LogP contribution in [-0.2, 0) is 19.1 Å². The van der Waals surface area contributed by atoms with Crippen molar-refractivity contribution < 1.29 is 19.1 Å². The Hall–Kier alpha value is -1.91. The maximum absolute atomic E-state index is 13.4. The summed E-state index contributed by atoms with van der Waals surface area (Å²) < 4.78 is 5.61. The Bertz CT molecular complexity index is 1030. The van der Waals surface area contributed by atoms with Crippen molar-refractivity contribution in [3.8, 4) is 0 Å². The van der Waals surface area contributed by atoms with Crippen LogP contribution in [0, 0.1) is 46.3 Å². The van der Waals surface area contributed by atoms with Crippen molar-refractivity contribution in [2.45, 2.75) is 99.0 Å². The highest BCUT2D eigenvalue weighted by atomic mass is 16.5. The van der Waals surface area contributed by atoms with E-state index in [1.807, 2.05) is 0 Å². The van der Waals surface area contributed by atoms with E-state index >= 15 is 0 Å². The fourth-order valence-electron chi connectivity index (χ4n) is 9.58. The second-order valence-electron chi connectivity index (χ2n) is 13.4. The van der Waals surface area contributed by atoms with Gasteiger partial charge >= 0.3 is 5.97 Å². The number of carbonyl (C=O) groups excluding carboxylic acids is 3. The number of esters is 1. The average molecular weight is 496 g/mol. The van der Waals surface area contributed by atoms with E-state index in [0.29, 0.717) is 36.0 Å². The number of fused-ring (bicyclic) bond motifs is 7. The Balaban J connectivity index is 1.40. The van der Waals surface area contributed by atoms with Gasteiger partial charge in [-0.05, 0) is 90.9 Å². The molecular formula is C31H45NO4. The summed E-state index contributed by atoms with van der Waals surface area (Å²) in [6.07, 6.45) is 11.0. The van der Waals surface area contributed by atoms with Crippen molar-refractivity contribution >= 4 is 17.7 Å². The average Bonchev–Trinajstić information content (AvgIpc) is 3.24. The molecule has 0 bridgehead atoms. The minimum absolute atomic E-state index is 0.00552. The minimum Gasteiger partial charge on any atom is -0.462 e. The van der Waals surface area contributed by atoms with E-state index < -0.39 is 0 Å². The lowest BCUT2D eigenvalue weighted by Gasteiger charge is -2.58. The molecule has 5 aliphatic rings. The summed E-state index contributed by atoms with van der Waals surface area (Å²) in [6, 6.07) is 0. The molecule has 5 aliphatic carbocycles. The van der Waals surface area contributed by atoms with Crippen LogP contribution >= 0.6 is 0 Å². The third-order valence-electron chi connectivity index (χ3n) is 11.2. The predicted molar refractivity (Wildman–Crippen MR) is 140 cm³/mol. The number of nitrogens with one attached hydrogen (secondary N) is 1. The lowest BCUT2D eigenvalue weighted by Crippen LogP contribution is -2.51. The van der Waals surface area contributed by atoms with Crippen molar-refractivity contribution in [3.05, 3.63) is 22.8 Å². The minimum atomic E-state index is -0.164. The monoisotopic (exact) mass is 495 g/mol. The first-order chi connectivity index (χ1) is 17.0. The van der Waals surface area contributed by atoms with Crippen molar-refractivity contribution in [2.24, 2.45) is 46.3 Å². The molecule has 36 heavy (non-hydrogen) atoms. The van der Waals surface area contributed by atoms with Crippen LogP contribution in [0.25, 0.3) is 0 Å². The highest BCUT2D eigenvalue weighted by molar-refractivity contribution is 6.01. The topological polar surface area (TPSA) is 72.5 Å². The Morgan fingerprint density at radius 2 is 1.89 bits per heavy atom. The number of rotatable bonds is 5. The summed E-state index contributed by atoms with van der Waals surface area (Å²) in [6.45, 7) is 13.0. The van der Waals surface area contributed by atoms with Crippen LogP contribution in [0.5, 0.6) is 0 Å². The van der Waals surface area contributed by atoms with Gasteiger partial charge < -0.3 is 10.1 Å². The third-order valence-corrected chi connectivity index (χ3v) is 11.2. The van der Waals surface area contributed by atoms with Crippen LogP contribution in [-0.4, -0.2) is 30.3 Å². The van der Waals surface area contributed by atoms with Gasteiger partial charge in [-0.25, -0.2) is 0 Å². The van der Waals surface area contributed by atoms with Crippen LogP contribution < -0.4 is 5.32 Å². The Morgan fingerprint density at radius 3 is 2.58 bits per heavy atom. The second kappa shape index (κ2) is 9.13. The van der Waals surface area contributed by atoms with E-state index in [-0.39, 0.29) is 40.6 Å². The maximum Gasteiger partial charge on any atom is 0.302 e. The molecule has 198 valence electrons. The fraction of sp³-hybridized carbons (Fsp3) is 0.774. The summed E-state index contributed by atoms with van der Waals surface area (Å²) in [5, 5.41) is 2.94. The number of Topliss-reactive ketones (excluding diaryl/α,β-unsaturated/α-hetero) is 1. The van der Waals surface area contributed by atoms with E-state index in [0.717, 1.165) is 44.1 Å². The van der Waals surface area contributed by atoms with E-state index in [1.54, 1.807) is 6.92 Å². The Morgan fingerprint density at radius 1 is 1.14 bits per heavy atom. The van der Waals surface area contributed by atoms with Gasteiger partial charge in [0.05, 0.1) is 0 Å². The highest BCUT2D eigenvalue weighted by Crippen LogP contribution is 2.70. The summed E-state index contributed by atoms with van der Waals surface area (Å²) in [5.74, 6) is 2.91. The van der Waals surface area contributed by atoms with Gasteiger partial charge in [0.1, 0.15) is 6.10 Å². The van der Waals surface area contributed by atoms with Crippen molar-refractivity contribution in [2.75, 3.05) is 6.54 Å². The summed E-state index contributed by atoms with van der Waals surface area (Å²) >= 11 is 0. The number of hydrogen-bond acceptors (Lipinski definition) is 4. The number of carbonyl (C=O) groups is 3. The molecule has 0 unspecified atom stereocenters. The lowest BCUT2D eigenvalue weighted by molar-refractivity contribution is -0.148. The number of hydrogen-bond donors (Lipinski definition) is 1. The number of amides is 1. The number of allylic oxidation sites excluding steroid dienone is 3. The lowest BCUT2D eigenvalue weighted by atomic mass is 9.47. The van der Waals surface area contributed by atoms with Gasteiger partial charge in [0.25, 0.3) is 0 Å². The number of ketones is 1. The smallest absolute Gasteiger partial charge is 0.302 e. The van der Waals surface area contributed by atoms with Gasteiger partial charge in [-0.15, -0.1) is 0 Å². The third kappa shape index (κ3) is 4.00. The van der Waals surface area contributed by atoms with E-state index in [4.69, 9.17) is 4.74 Å². The molecule has 0 radical (unpaired) electrons. The molecule has 1 amide bonds. The molecule has 0 saturated heterocycles. The number of ether oxygens (including phenoxy) is 1. The van der Waals surface area contributed by atoms with Gasteiger partial charge in [0, 0.05) is 32.7 Å². The molecule has 3 saturated carbocycles. The molecular weight excluding hydrogens is 450 g/mol. The molecule has 0 spiro atoms. The first-order valence-electron chi connectivity index (χ1n) is 14.3. The molecule has 1 N–H and O–H groups in total. The quantitative estimate of drug-likeness (QED) is 0.387. The van der Waals surface area contributed by atoms with Gasteiger partial charge in [-0.3, -0.25) is 14.4 Å². The first kappa shape index (κ1) is 25.7. The zero-order chi connectivity index (χ0) is 26.0. The molecule has 0 aromatic carbocycles. The standard InChI is InChI=1S/C31H45NO4/c1-17(16-32-19(3)33)13-25-24-15-27-23-8-7-21-14-22(36-20(4)34)9-11-30(21,5)26(23)10-12-31(27,6)28(24)18(2)29(25)35/h7,17-18,22-23,26-28H,8-16H2,1-6H3,(H,32,33)/t17-,18+,22+,23-,26+,27+,28+,30+,31+/m1/s1. The van der Waals surface area contributed by atoms with Crippen LogP contribution in [0.15, 0.2) is 22.8 Å². The molecule has 0 aliphatic heterocycles. The summed E-state index contributed by atoms with van der Waals surface area (Å²) in [4.78, 5) is 36.4. The van der Waals surface area contributed by atoms with Crippen LogP contribution in [0.3, 0.4) is 0 Å². The predicted octanol–water partition coefficient (Wildman–Crippen LogP) is 5.78. The first-order valence-corrected chi connectivity index (χ1v) is 14.3. The molecule has 3 fully saturated rings. The summed E-state index contributed by atoms with van der Waals surface area (Å²) in [5.41, 5.74) is 4.50. The Labute approximate surface area is 216 Å². The van der Waals surface area contributed by atoms with Crippen LogP contribution in [0.1, 0.15) is 92.9 Å². The van der Waals surface area contributed by atoms with Gasteiger partial charge in [0.2, 0.25) is 5.91 Å². The maximum atomic E-state index is 13.4. The van der Waals surface area contributed by atoms with Crippen molar-refractivity contribution in [1.29, 1.82) is 0 Å². The molecule has 0 heterocycles. The SMILES string of the molecule is CC(=O)NC[C@H](C)CC1=C2C[C@H]3[C@@H]4CC=C5C[C@@H](OC(C)=O)CC[C@]5(C)[C@H]4CC[C@]3(C)[C@H]2[C@H](C)C1=O. The van der Waals surface area contributed by atoms with Crippen molar-refractivity contribution in [3.63, 3.8) is 0 Å². The fourth-order valence-corrected chi connectivity index (χ4v) is 9.58. The van der Waals surface area contributed by atoms with E-state index in [1.165, 1.54) is 30.9 Å². The molecule has 5 rings (SSSR count). The zero-order valence-corrected chi connectivity index (χ0v) is 23.1.